The van der Waals surface area contributed by atoms with Gasteiger partial charge in [-0.2, -0.15) is 0 Å². The summed E-state index contributed by atoms with van der Waals surface area (Å²) in [7, 11) is 0. The minimum atomic E-state index is -0.192. The summed E-state index contributed by atoms with van der Waals surface area (Å²) in [6.45, 7) is 4.68. The van der Waals surface area contributed by atoms with Crippen LogP contribution in [0.15, 0.2) is 22.8 Å². The monoisotopic (exact) mass is 290 g/mol. The molecule has 1 aliphatic carbocycles. The summed E-state index contributed by atoms with van der Waals surface area (Å²) >= 11 is 0. The van der Waals surface area contributed by atoms with Gasteiger partial charge in [0.05, 0.1) is 18.2 Å². The number of hydrogen-bond acceptors (Lipinski definition) is 3. The van der Waals surface area contributed by atoms with E-state index in [4.69, 9.17) is 4.42 Å². The maximum Gasteiger partial charge on any atom is 0.230 e. The second-order valence-electron chi connectivity index (χ2n) is 6.55. The van der Waals surface area contributed by atoms with Gasteiger partial charge in [0.2, 0.25) is 5.91 Å². The molecular weight excluding hydrogens is 264 g/mol. The topological polar surface area (TPSA) is 45.5 Å². The molecule has 21 heavy (non-hydrogen) atoms. The number of carbonyl (C=O) groups excluding carboxylic acids is 1. The highest BCUT2D eigenvalue weighted by molar-refractivity contribution is 5.83. The van der Waals surface area contributed by atoms with Crippen molar-refractivity contribution >= 4 is 5.91 Å². The average molecular weight is 290 g/mol. The van der Waals surface area contributed by atoms with Gasteiger partial charge in [0, 0.05) is 12.6 Å². The zero-order valence-corrected chi connectivity index (χ0v) is 12.9. The second kappa shape index (κ2) is 6.22. The Bertz CT molecular complexity index is 454. The van der Waals surface area contributed by atoms with E-state index in [2.05, 4.69) is 17.1 Å². The van der Waals surface area contributed by atoms with Gasteiger partial charge in [0.1, 0.15) is 5.76 Å². The highest BCUT2D eigenvalue weighted by Crippen LogP contribution is 2.38. The van der Waals surface area contributed by atoms with Gasteiger partial charge in [0.25, 0.3) is 0 Å². The zero-order chi connectivity index (χ0) is 14.7. The van der Waals surface area contributed by atoms with E-state index in [-0.39, 0.29) is 5.41 Å². The van der Waals surface area contributed by atoms with Gasteiger partial charge in [-0.25, -0.2) is 0 Å². The Kier molecular flexibility index (Phi) is 4.34. The maximum absolute atomic E-state index is 13.3. The van der Waals surface area contributed by atoms with Crippen LogP contribution >= 0.6 is 0 Å². The van der Waals surface area contributed by atoms with Crippen molar-refractivity contribution in [2.45, 2.75) is 58.0 Å². The Hall–Kier alpha value is -1.29. The Morgan fingerprint density at radius 1 is 1.52 bits per heavy atom. The molecule has 1 aromatic rings. The first kappa shape index (κ1) is 14.6. The van der Waals surface area contributed by atoms with E-state index in [1.807, 2.05) is 12.1 Å². The van der Waals surface area contributed by atoms with Crippen LogP contribution in [0.5, 0.6) is 0 Å². The molecule has 1 aromatic heterocycles. The van der Waals surface area contributed by atoms with Crippen LogP contribution in [-0.4, -0.2) is 29.9 Å². The number of nitrogens with one attached hydrogen (secondary N) is 1. The van der Waals surface area contributed by atoms with Gasteiger partial charge in [0.15, 0.2) is 0 Å². The molecule has 116 valence electrons. The predicted molar refractivity (Wildman–Crippen MR) is 81.7 cm³/mol. The Balaban J connectivity index is 1.78. The van der Waals surface area contributed by atoms with Crippen LogP contribution in [0.2, 0.25) is 0 Å². The molecule has 3 rings (SSSR count). The molecule has 0 radical (unpaired) electrons. The van der Waals surface area contributed by atoms with Crippen LogP contribution in [0.25, 0.3) is 0 Å². The van der Waals surface area contributed by atoms with E-state index >= 15 is 0 Å². The Morgan fingerprint density at radius 3 is 2.95 bits per heavy atom. The Morgan fingerprint density at radius 2 is 2.38 bits per heavy atom. The molecule has 0 spiro atoms. The lowest BCUT2D eigenvalue weighted by molar-refractivity contribution is -0.145. The molecule has 4 heteroatoms. The van der Waals surface area contributed by atoms with Gasteiger partial charge < -0.3 is 14.6 Å². The van der Waals surface area contributed by atoms with Crippen LogP contribution < -0.4 is 5.32 Å². The highest BCUT2D eigenvalue weighted by Gasteiger charge is 2.45. The second-order valence-corrected chi connectivity index (χ2v) is 6.55. The van der Waals surface area contributed by atoms with Crippen molar-refractivity contribution in [2.24, 2.45) is 5.41 Å². The van der Waals surface area contributed by atoms with E-state index in [1.165, 1.54) is 0 Å². The molecule has 2 fully saturated rings. The average Bonchev–Trinajstić information content (AvgIpc) is 3.22. The van der Waals surface area contributed by atoms with Gasteiger partial charge in [-0.3, -0.25) is 4.79 Å². The summed E-state index contributed by atoms with van der Waals surface area (Å²) in [6, 6.07) is 4.29. The lowest BCUT2D eigenvalue weighted by Crippen LogP contribution is -2.52. The largest absolute Gasteiger partial charge is 0.467 e. The predicted octanol–water partition coefficient (Wildman–Crippen LogP) is 2.94. The van der Waals surface area contributed by atoms with Crippen LogP contribution in [0.1, 0.15) is 51.2 Å². The minimum absolute atomic E-state index is 0.192. The fourth-order valence-electron chi connectivity index (χ4n) is 3.58. The minimum Gasteiger partial charge on any atom is -0.467 e. The van der Waals surface area contributed by atoms with Crippen molar-refractivity contribution in [2.75, 3.05) is 13.1 Å². The maximum atomic E-state index is 13.3. The number of furan rings is 1. The number of carbonyl (C=O) groups is 1. The number of amides is 1. The summed E-state index contributed by atoms with van der Waals surface area (Å²) in [6.07, 6.45) is 8.14. The molecule has 1 saturated heterocycles. The quantitative estimate of drug-likeness (QED) is 0.876. The molecule has 1 saturated carbocycles. The smallest absolute Gasteiger partial charge is 0.230 e. The van der Waals surface area contributed by atoms with Crippen molar-refractivity contribution in [3.05, 3.63) is 24.2 Å². The molecule has 1 amide bonds. The third-order valence-electron chi connectivity index (χ3n) is 4.81. The summed E-state index contributed by atoms with van der Waals surface area (Å²) < 4.78 is 5.46. The number of rotatable bonds is 6. The fraction of sp³-hybridized carbons (Fsp3) is 0.706. The van der Waals surface area contributed by atoms with Crippen LogP contribution in [0.4, 0.5) is 0 Å². The van der Waals surface area contributed by atoms with Gasteiger partial charge in [-0.05, 0) is 50.8 Å². The highest BCUT2D eigenvalue weighted by atomic mass is 16.3. The van der Waals surface area contributed by atoms with Gasteiger partial charge in [-0.1, -0.05) is 13.3 Å². The van der Waals surface area contributed by atoms with E-state index in [0.29, 0.717) is 18.5 Å². The molecule has 0 bridgehead atoms. The van der Waals surface area contributed by atoms with E-state index in [1.54, 1.807) is 6.26 Å². The molecule has 0 aromatic carbocycles. The van der Waals surface area contributed by atoms with Crippen molar-refractivity contribution in [1.29, 1.82) is 0 Å². The summed E-state index contributed by atoms with van der Waals surface area (Å²) in [5, 5.41) is 3.44. The molecular formula is C17H26N2O2. The standard InChI is InChI=1S/C17H26N2O2/c1-2-8-17(9-4-10-18-13-17)16(20)19(14-6-7-14)12-15-5-3-11-21-15/h3,5,11,14,18H,2,4,6-10,12-13H2,1H3. The molecule has 2 aliphatic rings. The van der Waals surface area contributed by atoms with Crippen molar-refractivity contribution in [1.82, 2.24) is 10.2 Å². The zero-order valence-electron chi connectivity index (χ0n) is 12.9. The number of nitrogens with zero attached hydrogens (tertiary/aromatic N) is 1. The molecule has 4 nitrogen and oxygen atoms in total. The third-order valence-corrected chi connectivity index (χ3v) is 4.81. The van der Waals surface area contributed by atoms with E-state index in [9.17, 15) is 4.79 Å². The molecule has 1 atom stereocenters. The van der Waals surface area contributed by atoms with Crippen molar-refractivity contribution in [3.8, 4) is 0 Å². The molecule has 2 heterocycles. The number of hydrogen-bond donors (Lipinski definition) is 1. The van der Waals surface area contributed by atoms with Crippen LogP contribution in [0.3, 0.4) is 0 Å². The third kappa shape index (κ3) is 3.15. The Labute approximate surface area is 126 Å². The molecule has 1 aliphatic heterocycles. The van der Waals surface area contributed by atoms with E-state index in [0.717, 1.165) is 57.4 Å². The van der Waals surface area contributed by atoms with Crippen LogP contribution in [-0.2, 0) is 11.3 Å². The summed E-state index contributed by atoms with van der Waals surface area (Å²) in [5.41, 5.74) is -0.192. The molecule has 1 unspecified atom stereocenters. The first-order valence-corrected chi connectivity index (χ1v) is 8.29. The van der Waals surface area contributed by atoms with Gasteiger partial charge in [-0.15, -0.1) is 0 Å². The van der Waals surface area contributed by atoms with Gasteiger partial charge >= 0.3 is 0 Å². The normalized spacial score (nSPS) is 25.8. The first-order chi connectivity index (χ1) is 10.2. The fourth-order valence-corrected chi connectivity index (χ4v) is 3.58. The lowest BCUT2D eigenvalue weighted by atomic mass is 9.75. The van der Waals surface area contributed by atoms with Crippen molar-refractivity contribution in [3.63, 3.8) is 0 Å². The van der Waals surface area contributed by atoms with E-state index < -0.39 is 0 Å². The lowest BCUT2D eigenvalue weighted by Gasteiger charge is -2.40. The SMILES string of the molecule is CCCC1(C(=O)N(Cc2ccco2)C2CC2)CCCNC1. The number of piperidine rings is 1. The first-order valence-electron chi connectivity index (χ1n) is 8.29. The summed E-state index contributed by atoms with van der Waals surface area (Å²) in [4.78, 5) is 15.3. The van der Waals surface area contributed by atoms with Crippen molar-refractivity contribution < 1.29 is 9.21 Å². The summed E-state index contributed by atoms with van der Waals surface area (Å²) in [5.74, 6) is 1.24. The molecule has 1 N–H and O–H groups in total. The van der Waals surface area contributed by atoms with Crippen LogP contribution in [0, 0.1) is 5.41 Å².